The number of aryl methyl sites for hydroxylation is 1. The second-order valence-corrected chi connectivity index (χ2v) is 5.92. The number of hydrogen-bond acceptors (Lipinski definition) is 3. The molecule has 1 unspecified atom stereocenters. The third kappa shape index (κ3) is 3.12. The van der Waals surface area contributed by atoms with E-state index in [0.29, 0.717) is 0 Å². The van der Waals surface area contributed by atoms with Gasteiger partial charge in [0, 0.05) is 23.8 Å². The normalized spacial score (nSPS) is 12.3. The molecule has 0 bridgehead atoms. The van der Waals surface area contributed by atoms with Crippen molar-refractivity contribution < 1.29 is 4.74 Å². The smallest absolute Gasteiger partial charge is 0.135 e. The minimum absolute atomic E-state index is 0.148. The highest BCUT2D eigenvalue weighted by atomic mass is 79.9. The van der Waals surface area contributed by atoms with Gasteiger partial charge in [-0.2, -0.15) is 5.10 Å². The second-order valence-electron chi connectivity index (χ2n) is 4.21. The van der Waals surface area contributed by atoms with Crippen LogP contribution in [0.5, 0.6) is 5.75 Å². The molecule has 4 nitrogen and oxygen atoms in total. The van der Waals surface area contributed by atoms with Crippen molar-refractivity contribution in [3.8, 4) is 5.75 Å². The topological polar surface area (TPSA) is 39.1 Å². The molecule has 0 aliphatic rings. The quantitative estimate of drug-likeness (QED) is 0.855. The highest BCUT2D eigenvalue weighted by Crippen LogP contribution is 2.36. The van der Waals surface area contributed by atoms with Gasteiger partial charge in [-0.15, -0.1) is 0 Å². The summed E-state index contributed by atoms with van der Waals surface area (Å²) in [6, 6.07) is 6.08. The van der Waals surface area contributed by atoms with Crippen LogP contribution in [0.25, 0.3) is 0 Å². The van der Waals surface area contributed by atoms with Crippen LogP contribution in [-0.4, -0.2) is 16.9 Å². The Morgan fingerprint density at radius 3 is 2.63 bits per heavy atom. The van der Waals surface area contributed by atoms with E-state index in [0.717, 1.165) is 26.1 Å². The molecule has 6 heteroatoms. The Kier molecular flexibility index (Phi) is 4.52. The highest BCUT2D eigenvalue weighted by molar-refractivity contribution is 9.11. The first kappa shape index (κ1) is 14.4. The van der Waals surface area contributed by atoms with Gasteiger partial charge in [-0.05, 0) is 50.9 Å². The molecule has 2 rings (SSSR count). The number of rotatable bonds is 4. The maximum atomic E-state index is 5.31. The van der Waals surface area contributed by atoms with Crippen molar-refractivity contribution in [3.63, 3.8) is 0 Å². The summed E-state index contributed by atoms with van der Waals surface area (Å²) in [5, 5.41) is 7.63. The van der Waals surface area contributed by atoms with E-state index in [9.17, 15) is 0 Å². The van der Waals surface area contributed by atoms with Crippen molar-refractivity contribution in [1.29, 1.82) is 0 Å². The van der Waals surface area contributed by atoms with E-state index in [4.69, 9.17) is 4.74 Å². The number of aromatic nitrogens is 2. The van der Waals surface area contributed by atoms with Gasteiger partial charge in [-0.3, -0.25) is 4.68 Å². The SMILES string of the molecule is COc1cc(NC(C)c2ccnn2C)c(Br)cc1Br. The van der Waals surface area contributed by atoms with E-state index in [-0.39, 0.29) is 6.04 Å². The van der Waals surface area contributed by atoms with Crippen molar-refractivity contribution in [1.82, 2.24) is 9.78 Å². The largest absolute Gasteiger partial charge is 0.495 e. The van der Waals surface area contributed by atoms with Crippen LogP contribution in [0, 0.1) is 0 Å². The monoisotopic (exact) mass is 387 g/mol. The van der Waals surface area contributed by atoms with Crippen molar-refractivity contribution in [2.45, 2.75) is 13.0 Å². The molecule has 0 saturated heterocycles. The van der Waals surface area contributed by atoms with Gasteiger partial charge in [0.15, 0.2) is 0 Å². The molecule has 0 spiro atoms. The number of nitrogens with one attached hydrogen (secondary N) is 1. The first-order valence-corrected chi connectivity index (χ1v) is 7.39. The van der Waals surface area contributed by atoms with Gasteiger partial charge in [-0.25, -0.2) is 0 Å². The summed E-state index contributed by atoms with van der Waals surface area (Å²) >= 11 is 7.01. The standard InChI is InChI=1S/C13H15Br2N3O/c1-8(12-4-5-16-18(12)2)17-11-7-13(19-3)10(15)6-9(11)14/h4-8,17H,1-3H3. The zero-order valence-corrected chi connectivity index (χ0v) is 14.1. The van der Waals surface area contributed by atoms with Crippen molar-refractivity contribution in [2.24, 2.45) is 7.05 Å². The molecule has 1 aromatic carbocycles. The van der Waals surface area contributed by atoms with Crippen molar-refractivity contribution in [3.05, 3.63) is 39.0 Å². The van der Waals surface area contributed by atoms with Crippen LogP contribution in [0.2, 0.25) is 0 Å². The van der Waals surface area contributed by atoms with Crippen LogP contribution in [0.4, 0.5) is 5.69 Å². The highest BCUT2D eigenvalue weighted by Gasteiger charge is 2.13. The van der Waals surface area contributed by atoms with E-state index in [2.05, 4.69) is 49.2 Å². The summed E-state index contributed by atoms with van der Waals surface area (Å²) in [6.07, 6.45) is 1.80. The molecule has 0 fully saturated rings. The molecule has 2 aromatic rings. The Balaban J connectivity index is 2.26. The molecule has 19 heavy (non-hydrogen) atoms. The fourth-order valence-electron chi connectivity index (χ4n) is 1.91. The molecule has 1 heterocycles. The number of nitrogens with zero attached hydrogens (tertiary/aromatic N) is 2. The molecule has 0 radical (unpaired) electrons. The number of benzene rings is 1. The van der Waals surface area contributed by atoms with Crippen molar-refractivity contribution in [2.75, 3.05) is 12.4 Å². The van der Waals surface area contributed by atoms with Gasteiger partial charge < -0.3 is 10.1 Å². The number of anilines is 1. The summed E-state index contributed by atoms with van der Waals surface area (Å²) in [5.41, 5.74) is 2.10. The lowest BCUT2D eigenvalue weighted by Gasteiger charge is -2.18. The lowest BCUT2D eigenvalue weighted by Crippen LogP contribution is -2.11. The molecule has 0 aliphatic heterocycles. The van der Waals surface area contributed by atoms with Gasteiger partial charge in [0.2, 0.25) is 0 Å². The Hall–Kier alpha value is -1.01. The van der Waals surface area contributed by atoms with Gasteiger partial charge >= 0.3 is 0 Å². The summed E-state index contributed by atoms with van der Waals surface area (Å²) in [7, 11) is 3.59. The molecular weight excluding hydrogens is 374 g/mol. The van der Waals surface area contributed by atoms with Crippen LogP contribution in [0.1, 0.15) is 18.7 Å². The fourth-order valence-corrected chi connectivity index (χ4v) is 3.18. The predicted molar refractivity (Wildman–Crippen MR) is 83.6 cm³/mol. The Bertz CT molecular complexity index is 583. The second kappa shape index (κ2) is 5.96. The average molecular weight is 389 g/mol. The van der Waals surface area contributed by atoms with Gasteiger partial charge in [0.1, 0.15) is 5.75 Å². The molecular formula is C13H15Br2N3O. The number of halogens is 2. The first-order valence-electron chi connectivity index (χ1n) is 5.80. The van der Waals surface area contributed by atoms with E-state index in [1.54, 1.807) is 13.3 Å². The molecule has 0 aliphatic carbocycles. The Morgan fingerprint density at radius 1 is 1.32 bits per heavy atom. The molecule has 0 saturated carbocycles. The first-order chi connectivity index (χ1) is 9.02. The molecule has 0 amide bonds. The lowest BCUT2D eigenvalue weighted by atomic mass is 10.2. The van der Waals surface area contributed by atoms with Crippen LogP contribution >= 0.6 is 31.9 Å². The summed E-state index contributed by atoms with van der Waals surface area (Å²) in [4.78, 5) is 0. The van der Waals surface area contributed by atoms with Crippen LogP contribution in [0.15, 0.2) is 33.3 Å². The molecule has 1 N–H and O–H groups in total. The van der Waals surface area contributed by atoms with E-state index in [1.807, 2.05) is 29.9 Å². The lowest BCUT2D eigenvalue weighted by molar-refractivity contribution is 0.412. The van der Waals surface area contributed by atoms with Gasteiger partial charge in [0.05, 0.1) is 29.0 Å². The van der Waals surface area contributed by atoms with Gasteiger partial charge in [0.25, 0.3) is 0 Å². The summed E-state index contributed by atoms with van der Waals surface area (Å²) in [5.74, 6) is 0.794. The van der Waals surface area contributed by atoms with E-state index in [1.165, 1.54) is 0 Å². The minimum Gasteiger partial charge on any atom is -0.495 e. The summed E-state index contributed by atoms with van der Waals surface area (Å²) in [6.45, 7) is 2.10. The third-order valence-electron chi connectivity index (χ3n) is 2.92. The summed E-state index contributed by atoms with van der Waals surface area (Å²) < 4.78 is 9.07. The third-order valence-corrected chi connectivity index (χ3v) is 4.19. The van der Waals surface area contributed by atoms with Crippen LogP contribution < -0.4 is 10.1 Å². The number of ether oxygens (including phenoxy) is 1. The zero-order chi connectivity index (χ0) is 14.0. The zero-order valence-electron chi connectivity index (χ0n) is 10.9. The Morgan fingerprint density at radius 2 is 2.05 bits per heavy atom. The molecule has 1 aromatic heterocycles. The Labute approximate surface area is 129 Å². The van der Waals surface area contributed by atoms with Gasteiger partial charge in [-0.1, -0.05) is 0 Å². The number of hydrogen-bond donors (Lipinski definition) is 1. The van der Waals surface area contributed by atoms with E-state index < -0.39 is 0 Å². The predicted octanol–water partition coefficient (Wildman–Crippen LogP) is 4.13. The maximum Gasteiger partial charge on any atom is 0.135 e. The average Bonchev–Trinajstić information content (AvgIpc) is 2.79. The fraction of sp³-hybridized carbons (Fsp3) is 0.308. The van der Waals surface area contributed by atoms with Crippen LogP contribution in [-0.2, 0) is 7.05 Å². The minimum atomic E-state index is 0.148. The van der Waals surface area contributed by atoms with Crippen molar-refractivity contribution >= 4 is 37.5 Å². The molecule has 1 atom stereocenters. The maximum absolute atomic E-state index is 5.31. The number of methoxy groups -OCH3 is 1. The van der Waals surface area contributed by atoms with Crippen LogP contribution in [0.3, 0.4) is 0 Å². The molecule has 102 valence electrons. The van der Waals surface area contributed by atoms with E-state index >= 15 is 0 Å².